The molecule has 0 saturated heterocycles. The fraction of sp³-hybridized carbons (Fsp3) is 0.250. The summed E-state index contributed by atoms with van der Waals surface area (Å²) in [5.41, 5.74) is 1.09. The Morgan fingerprint density at radius 3 is 2.50 bits per heavy atom. The van der Waals surface area contributed by atoms with E-state index in [0.717, 1.165) is 10.0 Å². The van der Waals surface area contributed by atoms with Gasteiger partial charge in [0.15, 0.2) is 9.84 Å². The van der Waals surface area contributed by atoms with Gasteiger partial charge in [0, 0.05) is 15.1 Å². The van der Waals surface area contributed by atoms with Crippen molar-refractivity contribution in [3.8, 4) is 0 Å². The molecule has 0 aliphatic rings. The summed E-state index contributed by atoms with van der Waals surface area (Å²) in [5, 5.41) is 2.71. The van der Waals surface area contributed by atoms with Crippen LogP contribution in [0.2, 0.25) is 5.02 Å². The topological polar surface area (TPSA) is 50.8 Å². The number of halogens is 2. The molecule has 0 amide bonds. The van der Waals surface area contributed by atoms with E-state index in [2.05, 4.69) is 15.9 Å². The SMILES string of the molecule is C[C@H]([NH2+]CCS(=O)(=O)c1ccc(Br)cc1)c1cccc(Cl)c1. The molecule has 0 radical (unpaired) electrons. The molecule has 2 aromatic carbocycles. The van der Waals surface area contributed by atoms with Gasteiger partial charge < -0.3 is 5.32 Å². The lowest BCUT2D eigenvalue weighted by atomic mass is 10.1. The predicted octanol–water partition coefficient (Wildman–Crippen LogP) is 3.20. The average Bonchev–Trinajstić information content (AvgIpc) is 2.47. The van der Waals surface area contributed by atoms with Crippen molar-refractivity contribution in [1.29, 1.82) is 0 Å². The first-order valence-electron chi connectivity index (χ1n) is 6.95. The lowest BCUT2D eigenvalue weighted by Gasteiger charge is -2.11. The molecule has 2 aromatic rings. The zero-order chi connectivity index (χ0) is 16.2. The van der Waals surface area contributed by atoms with Crippen LogP contribution in [-0.4, -0.2) is 20.7 Å². The Balaban J connectivity index is 1.94. The molecule has 0 unspecified atom stereocenters. The maximum absolute atomic E-state index is 12.3. The van der Waals surface area contributed by atoms with Gasteiger partial charge in [-0.3, -0.25) is 0 Å². The molecule has 2 rings (SSSR count). The summed E-state index contributed by atoms with van der Waals surface area (Å²) in [4.78, 5) is 0.361. The quantitative estimate of drug-likeness (QED) is 0.805. The molecule has 3 nitrogen and oxygen atoms in total. The zero-order valence-electron chi connectivity index (χ0n) is 12.2. The van der Waals surface area contributed by atoms with Crippen molar-refractivity contribution < 1.29 is 13.7 Å². The van der Waals surface area contributed by atoms with Gasteiger partial charge in [0.2, 0.25) is 0 Å². The van der Waals surface area contributed by atoms with E-state index in [1.54, 1.807) is 24.3 Å². The molecule has 118 valence electrons. The van der Waals surface area contributed by atoms with Gasteiger partial charge in [-0.1, -0.05) is 39.7 Å². The highest BCUT2D eigenvalue weighted by Crippen LogP contribution is 2.16. The van der Waals surface area contributed by atoms with E-state index in [-0.39, 0.29) is 11.8 Å². The van der Waals surface area contributed by atoms with E-state index in [1.807, 2.05) is 36.5 Å². The summed E-state index contributed by atoms with van der Waals surface area (Å²) in [6.07, 6.45) is 0. The number of nitrogens with two attached hydrogens (primary N) is 1. The van der Waals surface area contributed by atoms with Crippen molar-refractivity contribution >= 4 is 37.4 Å². The van der Waals surface area contributed by atoms with Crippen LogP contribution in [0.3, 0.4) is 0 Å². The van der Waals surface area contributed by atoms with Gasteiger partial charge in [-0.25, -0.2) is 8.42 Å². The van der Waals surface area contributed by atoms with Gasteiger partial charge in [0.1, 0.15) is 11.8 Å². The van der Waals surface area contributed by atoms with Crippen molar-refractivity contribution in [2.24, 2.45) is 0 Å². The minimum Gasteiger partial charge on any atom is -0.339 e. The smallest absolute Gasteiger partial charge is 0.183 e. The van der Waals surface area contributed by atoms with E-state index < -0.39 is 9.84 Å². The minimum absolute atomic E-state index is 0.111. The van der Waals surface area contributed by atoms with Crippen LogP contribution >= 0.6 is 27.5 Å². The van der Waals surface area contributed by atoms with Crippen molar-refractivity contribution in [2.45, 2.75) is 17.9 Å². The van der Waals surface area contributed by atoms with E-state index in [1.165, 1.54) is 0 Å². The number of quaternary nitrogens is 1. The number of hydrogen-bond donors (Lipinski definition) is 1. The minimum atomic E-state index is -3.24. The molecule has 0 saturated carbocycles. The van der Waals surface area contributed by atoms with Gasteiger partial charge in [-0.15, -0.1) is 0 Å². The molecule has 2 N–H and O–H groups in total. The third-order valence-corrected chi connectivity index (χ3v) is 5.98. The van der Waals surface area contributed by atoms with Crippen LogP contribution in [0.5, 0.6) is 0 Å². The van der Waals surface area contributed by atoms with Gasteiger partial charge >= 0.3 is 0 Å². The highest BCUT2D eigenvalue weighted by molar-refractivity contribution is 9.10. The number of sulfone groups is 1. The van der Waals surface area contributed by atoms with Crippen LogP contribution in [0.25, 0.3) is 0 Å². The predicted molar refractivity (Wildman–Crippen MR) is 92.9 cm³/mol. The van der Waals surface area contributed by atoms with E-state index in [9.17, 15) is 8.42 Å². The van der Waals surface area contributed by atoms with E-state index in [0.29, 0.717) is 16.5 Å². The van der Waals surface area contributed by atoms with E-state index in [4.69, 9.17) is 11.6 Å². The Morgan fingerprint density at radius 1 is 1.18 bits per heavy atom. The molecular formula is C16H18BrClNO2S+. The molecule has 0 aliphatic carbocycles. The van der Waals surface area contributed by atoms with Crippen LogP contribution in [0.4, 0.5) is 0 Å². The summed E-state index contributed by atoms with van der Waals surface area (Å²) in [5.74, 6) is 0.111. The monoisotopic (exact) mass is 402 g/mol. The first-order chi connectivity index (χ1) is 10.4. The highest BCUT2D eigenvalue weighted by atomic mass is 79.9. The van der Waals surface area contributed by atoms with Crippen LogP contribution < -0.4 is 5.32 Å². The average molecular weight is 404 g/mol. The fourth-order valence-electron chi connectivity index (χ4n) is 2.16. The number of hydrogen-bond acceptors (Lipinski definition) is 2. The first kappa shape index (κ1) is 17.5. The number of benzene rings is 2. The molecule has 22 heavy (non-hydrogen) atoms. The lowest BCUT2D eigenvalue weighted by molar-refractivity contribution is -0.689. The summed E-state index contributed by atoms with van der Waals surface area (Å²) in [6.45, 7) is 2.55. The number of rotatable bonds is 6. The van der Waals surface area contributed by atoms with Gasteiger partial charge in [0.25, 0.3) is 0 Å². The summed E-state index contributed by atoms with van der Waals surface area (Å²) in [6, 6.07) is 14.5. The third kappa shape index (κ3) is 4.81. The van der Waals surface area contributed by atoms with Crippen LogP contribution in [0.1, 0.15) is 18.5 Å². The molecule has 0 bridgehead atoms. The largest absolute Gasteiger partial charge is 0.339 e. The summed E-state index contributed by atoms with van der Waals surface area (Å²) >= 11 is 9.28. The molecule has 0 heterocycles. The van der Waals surface area contributed by atoms with Gasteiger partial charge in [-0.05, 0) is 43.3 Å². The molecule has 1 atom stereocenters. The highest BCUT2D eigenvalue weighted by Gasteiger charge is 2.16. The molecular weight excluding hydrogens is 386 g/mol. The molecule has 0 spiro atoms. The van der Waals surface area contributed by atoms with Crippen molar-refractivity contribution in [3.63, 3.8) is 0 Å². The van der Waals surface area contributed by atoms with E-state index >= 15 is 0 Å². The molecule has 0 aliphatic heterocycles. The third-order valence-electron chi connectivity index (χ3n) is 3.45. The fourth-order valence-corrected chi connectivity index (χ4v) is 3.85. The second kappa shape index (κ2) is 7.59. The second-order valence-electron chi connectivity index (χ2n) is 5.14. The van der Waals surface area contributed by atoms with Crippen molar-refractivity contribution in [2.75, 3.05) is 12.3 Å². The Kier molecular flexibility index (Phi) is 6.03. The first-order valence-corrected chi connectivity index (χ1v) is 9.78. The molecule has 0 aromatic heterocycles. The molecule has 0 fully saturated rings. The zero-order valence-corrected chi connectivity index (χ0v) is 15.3. The standard InChI is InChI=1S/C16H17BrClNO2S/c1-12(13-3-2-4-15(18)11-13)19-9-10-22(20,21)16-7-5-14(17)6-8-16/h2-8,11-12,19H,9-10H2,1H3/p+1/t12-/m0/s1. The van der Waals surface area contributed by atoms with Crippen LogP contribution in [-0.2, 0) is 9.84 Å². The molecule has 6 heteroatoms. The van der Waals surface area contributed by atoms with Gasteiger partial charge in [-0.2, -0.15) is 0 Å². The normalized spacial score (nSPS) is 13.0. The van der Waals surface area contributed by atoms with Crippen LogP contribution in [0, 0.1) is 0 Å². The Hall–Kier alpha value is -0.880. The summed E-state index contributed by atoms with van der Waals surface area (Å²) < 4.78 is 25.4. The maximum Gasteiger partial charge on any atom is 0.183 e. The summed E-state index contributed by atoms with van der Waals surface area (Å²) in [7, 11) is -3.24. The van der Waals surface area contributed by atoms with Crippen LogP contribution in [0.15, 0.2) is 57.9 Å². The van der Waals surface area contributed by atoms with Crippen molar-refractivity contribution in [1.82, 2.24) is 0 Å². The lowest BCUT2D eigenvalue weighted by Crippen LogP contribution is -2.85. The second-order valence-corrected chi connectivity index (χ2v) is 8.60. The Morgan fingerprint density at radius 2 is 1.86 bits per heavy atom. The van der Waals surface area contributed by atoms with Gasteiger partial charge in [0.05, 0.1) is 11.4 Å². The maximum atomic E-state index is 12.3. The Bertz CT molecular complexity index is 732. The Labute approximate surface area is 144 Å². The van der Waals surface area contributed by atoms with Crippen molar-refractivity contribution in [3.05, 3.63) is 63.6 Å².